The number of hydrogen-bond acceptors (Lipinski definition) is 5. The molecular weight excluding hydrogens is 359 g/mol. The minimum absolute atomic E-state index is 0.148. The molecule has 0 aliphatic rings. The Bertz CT molecular complexity index is 461. The average Bonchev–Trinajstić information content (AvgIpc) is 2.39. The van der Waals surface area contributed by atoms with Gasteiger partial charge in [0.05, 0.1) is 13.2 Å². The molecule has 0 rings (SSSR count). The molecule has 0 N–H and O–H groups in total. The van der Waals surface area contributed by atoms with E-state index in [9.17, 15) is 31.5 Å². The van der Waals surface area contributed by atoms with E-state index >= 15 is 0 Å². The van der Waals surface area contributed by atoms with Gasteiger partial charge in [-0.25, -0.2) is 9.59 Å². The van der Waals surface area contributed by atoms with Crippen LogP contribution >= 0.6 is 0 Å². The normalized spacial score (nSPS) is 15.6. The SMILES string of the molecule is CCCOC(=O)C(O[Si](C)(C)C)(C(=O)OCC)C(F)(F)C(F)(F)F. The van der Waals surface area contributed by atoms with Crippen LogP contribution in [0.5, 0.6) is 0 Å². The molecule has 0 heterocycles. The van der Waals surface area contributed by atoms with Crippen molar-refractivity contribution < 1.29 is 45.4 Å². The van der Waals surface area contributed by atoms with Gasteiger partial charge in [-0.3, -0.25) is 0 Å². The quantitative estimate of drug-likeness (QED) is 0.280. The standard InChI is InChI=1S/C13H21F5O5Si/c1-6-8-22-10(20)11(9(19)21-7-2,23-24(3,4)5)12(14,15)13(16,17)18/h6-8H2,1-5H3. The minimum atomic E-state index is -6.23. The molecule has 0 amide bonds. The van der Waals surface area contributed by atoms with Crippen molar-refractivity contribution in [3.63, 3.8) is 0 Å². The molecule has 0 spiro atoms. The molecule has 0 aromatic carbocycles. The first-order valence-corrected chi connectivity index (χ1v) is 10.6. The molecule has 0 saturated heterocycles. The fourth-order valence-electron chi connectivity index (χ4n) is 1.68. The predicted octanol–water partition coefficient (Wildman–Crippen LogP) is 3.29. The Balaban J connectivity index is 6.44. The van der Waals surface area contributed by atoms with Gasteiger partial charge in [0.1, 0.15) is 0 Å². The van der Waals surface area contributed by atoms with Crippen molar-refractivity contribution in [1.29, 1.82) is 0 Å². The first-order valence-electron chi connectivity index (χ1n) is 7.16. The van der Waals surface area contributed by atoms with E-state index in [-0.39, 0.29) is 6.42 Å². The highest BCUT2D eigenvalue weighted by atomic mass is 28.4. The number of carbonyl (C=O) groups is 2. The monoisotopic (exact) mass is 380 g/mol. The summed E-state index contributed by atoms with van der Waals surface area (Å²) >= 11 is 0. The number of esters is 2. The van der Waals surface area contributed by atoms with E-state index in [2.05, 4.69) is 9.47 Å². The molecular formula is C13H21F5O5Si. The minimum Gasteiger partial charge on any atom is -0.463 e. The third-order valence-corrected chi connectivity index (χ3v) is 3.46. The summed E-state index contributed by atoms with van der Waals surface area (Å²) < 4.78 is 80.8. The van der Waals surface area contributed by atoms with Gasteiger partial charge in [-0.15, -0.1) is 0 Å². The van der Waals surface area contributed by atoms with Gasteiger partial charge in [0, 0.05) is 0 Å². The molecule has 0 fully saturated rings. The maximum Gasteiger partial charge on any atom is 0.457 e. The van der Waals surface area contributed by atoms with Crippen molar-refractivity contribution >= 4 is 20.3 Å². The van der Waals surface area contributed by atoms with E-state index in [1.54, 1.807) is 0 Å². The van der Waals surface area contributed by atoms with Gasteiger partial charge in [0.15, 0.2) is 8.32 Å². The van der Waals surface area contributed by atoms with Crippen molar-refractivity contribution in [2.24, 2.45) is 0 Å². The molecule has 11 heteroatoms. The average molecular weight is 380 g/mol. The summed E-state index contributed by atoms with van der Waals surface area (Å²) in [5.74, 6) is -10.1. The highest BCUT2D eigenvalue weighted by Gasteiger charge is 2.80. The van der Waals surface area contributed by atoms with E-state index in [0.29, 0.717) is 0 Å². The summed E-state index contributed by atoms with van der Waals surface area (Å²) in [6.07, 6.45) is -6.08. The number of ether oxygens (including phenoxy) is 2. The Morgan fingerprint density at radius 3 is 1.71 bits per heavy atom. The largest absolute Gasteiger partial charge is 0.463 e. The second-order valence-electron chi connectivity index (χ2n) is 5.82. The van der Waals surface area contributed by atoms with Crippen molar-refractivity contribution in [3.8, 4) is 0 Å². The molecule has 0 aromatic heterocycles. The molecule has 0 saturated carbocycles. The third-order valence-electron chi connectivity index (χ3n) is 2.55. The maximum absolute atomic E-state index is 14.2. The Kier molecular flexibility index (Phi) is 7.37. The van der Waals surface area contributed by atoms with Crippen molar-refractivity contribution in [1.82, 2.24) is 0 Å². The maximum atomic E-state index is 14.2. The van der Waals surface area contributed by atoms with Crippen LogP contribution in [0.2, 0.25) is 19.6 Å². The summed E-state index contributed by atoms with van der Waals surface area (Å²) in [5.41, 5.74) is -4.24. The van der Waals surface area contributed by atoms with E-state index in [4.69, 9.17) is 4.43 Å². The van der Waals surface area contributed by atoms with E-state index < -0.39 is 51.2 Å². The van der Waals surface area contributed by atoms with Crippen LogP contribution in [0.1, 0.15) is 20.3 Å². The molecule has 0 aliphatic heterocycles. The Hall–Kier alpha value is -1.23. The van der Waals surface area contributed by atoms with Crippen LogP contribution in [0.3, 0.4) is 0 Å². The zero-order chi connectivity index (χ0) is 19.4. The van der Waals surface area contributed by atoms with Crippen LogP contribution in [-0.4, -0.2) is 51.2 Å². The molecule has 0 aliphatic carbocycles. The molecule has 0 aromatic rings. The molecule has 5 nitrogen and oxygen atoms in total. The van der Waals surface area contributed by atoms with Crippen LogP contribution in [0.25, 0.3) is 0 Å². The second kappa shape index (κ2) is 7.77. The lowest BCUT2D eigenvalue weighted by Crippen LogP contribution is -2.70. The van der Waals surface area contributed by atoms with Crippen LogP contribution in [0, 0.1) is 0 Å². The van der Waals surface area contributed by atoms with E-state index in [1.165, 1.54) is 33.5 Å². The third kappa shape index (κ3) is 4.65. The van der Waals surface area contributed by atoms with Gasteiger partial charge in [-0.05, 0) is 33.0 Å². The van der Waals surface area contributed by atoms with Crippen molar-refractivity contribution in [2.75, 3.05) is 13.2 Å². The number of carbonyl (C=O) groups excluding carboxylic acids is 2. The van der Waals surface area contributed by atoms with Gasteiger partial charge in [0.2, 0.25) is 0 Å². The van der Waals surface area contributed by atoms with Crippen LogP contribution < -0.4 is 0 Å². The Labute approximate surface area is 137 Å². The molecule has 142 valence electrons. The first kappa shape index (κ1) is 22.8. The molecule has 1 atom stereocenters. The molecule has 24 heavy (non-hydrogen) atoms. The second-order valence-corrected chi connectivity index (χ2v) is 10.3. The Morgan fingerprint density at radius 1 is 0.917 bits per heavy atom. The summed E-state index contributed by atoms with van der Waals surface area (Å²) in [5, 5.41) is 0. The zero-order valence-electron chi connectivity index (χ0n) is 14.1. The molecule has 1 unspecified atom stereocenters. The van der Waals surface area contributed by atoms with E-state index in [0.717, 1.165) is 0 Å². The van der Waals surface area contributed by atoms with Gasteiger partial charge >= 0.3 is 29.6 Å². The lowest BCUT2D eigenvalue weighted by Gasteiger charge is -2.40. The number of halogens is 5. The highest BCUT2D eigenvalue weighted by Crippen LogP contribution is 2.47. The van der Waals surface area contributed by atoms with Gasteiger partial charge < -0.3 is 13.9 Å². The fraction of sp³-hybridized carbons (Fsp3) is 0.846. The first-order chi connectivity index (χ1) is 10.7. The van der Waals surface area contributed by atoms with Crippen LogP contribution in [-0.2, 0) is 23.5 Å². The van der Waals surface area contributed by atoms with E-state index in [1.807, 2.05) is 0 Å². The summed E-state index contributed by atoms with van der Waals surface area (Å²) in [6, 6.07) is 0. The number of rotatable bonds is 8. The molecule has 0 radical (unpaired) electrons. The van der Waals surface area contributed by atoms with Crippen LogP contribution in [0.4, 0.5) is 22.0 Å². The lowest BCUT2D eigenvalue weighted by molar-refractivity contribution is -0.330. The van der Waals surface area contributed by atoms with Crippen molar-refractivity contribution in [2.45, 2.75) is 57.6 Å². The highest BCUT2D eigenvalue weighted by molar-refractivity contribution is 6.70. The summed E-state index contributed by atoms with van der Waals surface area (Å²) in [4.78, 5) is 24.1. The predicted molar refractivity (Wildman–Crippen MR) is 76.0 cm³/mol. The van der Waals surface area contributed by atoms with Crippen molar-refractivity contribution in [3.05, 3.63) is 0 Å². The smallest absolute Gasteiger partial charge is 0.457 e. The number of hydrogen-bond donors (Lipinski definition) is 0. The Morgan fingerprint density at radius 2 is 1.38 bits per heavy atom. The fourth-order valence-corrected chi connectivity index (χ4v) is 2.89. The summed E-state index contributed by atoms with van der Waals surface area (Å²) in [6.45, 7) is 5.47. The van der Waals surface area contributed by atoms with Gasteiger partial charge in [0.25, 0.3) is 0 Å². The van der Waals surface area contributed by atoms with Gasteiger partial charge in [-0.2, -0.15) is 22.0 Å². The number of alkyl halides is 5. The topological polar surface area (TPSA) is 61.8 Å². The van der Waals surface area contributed by atoms with Crippen LogP contribution in [0.15, 0.2) is 0 Å². The zero-order valence-corrected chi connectivity index (χ0v) is 15.1. The molecule has 0 bridgehead atoms. The van der Waals surface area contributed by atoms with Gasteiger partial charge in [-0.1, -0.05) is 6.92 Å². The lowest BCUT2D eigenvalue weighted by atomic mass is 9.95. The summed E-state index contributed by atoms with van der Waals surface area (Å²) in [7, 11) is -3.26.